The minimum absolute atomic E-state index is 0. The van der Waals surface area contributed by atoms with Crippen molar-refractivity contribution in [3.8, 4) is 0 Å². The molecule has 1 saturated heterocycles. The average molecular weight is 457 g/mol. The molecule has 2 aliphatic rings. The predicted octanol–water partition coefficient (Wildman–Crippen LogP) is 4.44. The number of likely N-dealkylation sites (tertiary alicyclic amines) is 1. The van der Waals surface area contributed by atoms with Crippen LogP contribution in [0.4, 0.5) is 0 Å². The highest BCUT2D eigenvalue weighted by molar-refractivity contribution is 6.42. The third-order valence-corrected chi connectivity index (χ3v) is 6.25. The lowest BCUT2D eigenvalue weighted by Crippen LogP contribution is -2.45. The molecule has 2 fully saturated rings. The summed E-state index contributed by atoms with van der Waals surface area (Å²) < 4.78 is 0. The Kier molecular flexibility index (Phi) is 10.7. The first-order valence-corrected chi connectivity index (χ1v) is 9.98. The van der Waals surface area contributed by atoms with Gasteiger partial charge in [0.15, 0.2) is 0 Å². The summed E-state index contributed by atoms with van der Waals surface area (Å²) in [5, 5.41) is 4.40. The lowest BCUT2D eigenvalue weighted by molar-refractivity contribution is -0.123. The van der Waals surface area contributed by atoms with Crippen LogP contribution in [0, 0.1) is 5.92 Å². The topological polar surface area (TPSA) is 58.4 Å². The van der Waals surface area contributed by atoms with Gasteiger partial charge in [0.1, 0.15) is 0 Å². The lowest BCUT2D eigenvalue weighted by atomic mass is 9.98. The normalized spacial score (nSPS) is 23.4. The number of benzene rings is 1. The van der Waals surface area contributed by atoms with Gasteiger partial charge in [0.25, 0.3) is 0 Å². The first-order chi connectivity index (χ1) is 12.0. The molecular formula is C19H29Cl4N3O. The van der Waals surface area contributed by atoms with Crippen LogP contribution in [0.2, 0.25) is 10.0 Å². The van der Waals surface area contributed by atoms with Gasteiger partial charge in [0.2, 0.25) is 5.91 Å². The summed E-state index contributed by atoms with van der Waals surface area (Å²) in [7, 11) is 0. The number of carbonyl (C=O) groups excluding carboxylic acids is 1. The Balaban J connectivity index is 0.00000182. The van der Waals surface area contributed by atoms with Crippen molar-refractivity contribution in [2.24, 2.45) is 11.7 Å². The van der Waals surface area contributed by atoms with Crippen LogP contribution in [-0.4, -0.2) is 36.0 Å². The Hall–Kier alpha value is -0.230. The third-order valence-electron chi connectivity index (χ3n) is 5.51. The Morgan fingerprint density at radius 2 is 1.81 bits per heavy atom. The largest absolute Gasteiger partial charge is 0.353 e. The van der Waals surface area contributed by atoms with Crippen molar-refractivity contribution in [2.45, 2.75) is 57.2 Å². The summed E-state index contributed by atoms with van der Waals surface area (Å²) in [6.45, 7) is 2.83. The van der Waals surface area contributed by atoms with Crippen LogP contribution in [0.25, 0.3) is 0 Å². The number of nitrogens with zero attached hydrogens (tertiary/aromatic N) is 1. The number of hydrogen-bond acceptors (Lipinski definition) is 3. The fourth-order valence-corrected chi connectivity index (χ4v) is 4.30. The molecule has 0 aromatic heterocycles. The number of piperidine rings is 1. The van der Waals surface area contributed by atoms with Crippen LogP contribution in [0.1, 0.15) is 44.1 Å². The summed E-state index contributed by atoms with van der Waals surface area (Å²) in [5.74, 6) is 0.542. The maximum Gasteiger partial charge on any atom is 0.220 e. The molecule has 1 heterocycles. The van der Waals surface area contributed by atoms with E-state index in [1.54, 1.807) is 0 Å². The molecule has 154 valence electrons. The van der Waals surface area contributed by atoms with E-state index >= 15 is 0 Å². The van der Waals surface area contributed by atoms with Gasteiger partial charge in [-0.15, -0.1) is 24.8 Å². The van der Waals surface area contributed by atoms with E-state index in [1.807, 2.05) is 18.2 Å². The van der Waals surface area contributed by atoms with Gasteiger partial charge < -0.3 is 11.1 Å². The molecule has 3 N–H and O–H groups in total. The van der Waals surface area contributed by atoms with Crippen molar-refractivity contribution in [1.29, 1.82) is 0 Å². The van der Waals surface area contributed by atoms with Gasteiger partial charge in [-0.05, 0) is 49.3 Å². The fraction of sp³-hybridized carbons (Fsp3) is 0.632. The number of nitrogens with two attached hydrogens (primary N) is 1. The van der Waals surface area contributed by atoms with E-state index in [-0.39, 0.29) is 42.8 Å². The first kappa shape index (κ1) is 24.8. The number of rotatable bonds is 5. The van der Waals surface area contributed by atoms with E-state index < -0.39 is 0 Å². The van der Waals surface area contributed by atoms with E-state index in [9.17, 15) is 4.79 Å². The summed E-state index contributed by atoms with van der Waals surface area (Å²) in [4.78, 5) is 14.6. The zero-order chi connectivity index (χ0) is 17.8. The number of nitrogens with one attached hydrogen (secondary N) is 1. The van der Waals surface area contributed by atoms with Crippen molar-refractivity contribution in [1.82, 2.24) is 10.2 Å². The highest BCUT2D eigenvalue weighted by Gasteiger charge is 2.27. The zero-order valence-corrected chi connectivity index (χ0v) is 18.5. The lowest BCUT2D eigenvalue weighted by Gasteiger charge is -2.32. The van der Waals surface area contributed by atoms with Gasteiger partial charge in [-0.25, -0.2) is 0 Å². The molecule has 3 rings (SSSR count). The fourth-order valence-electron chi connectivity index (χ4n) is 3.98. The molecule has 1 saturated carbocycles. The molecule has 4 nitrogen and oxygen atoms in total. The van der Waals surface area contributed by atoms with Crippen molar-refractivity contribution in [2.75, 3.05) is 13.1 Å². The van der Waals surface area contributed by atoms with Crippen LogP contribution in [0.5, 0.6) is 0 Å². The Morgan fingerprint density at radius 1 is 1.11 bits per heavy atom. The summed E-state index contributed by atoms with van der Waals surface area (Å²) in [6, 6.07) is 6.30. The van der Waals surface area contributed by atoms with Crippen LogP contribution >= 0.6 is 48.0 Å². The molecule has 8 heteroatoms. The van der Waals surface area contributed by atoms with Crippen molar-refractivity contribution in [3.05, 3.63) is 33.8 Å². The maximum absolute atomic E-state index is 12.2. The van der Waals surface area contributed by atoms with Gasteiger partial charge in [-0.1, -0.05) is 35.7 Å². The molecule has 1 aliphatic carbocycles. The molecule has 0 unspecified atom stereocenters. The second kappa shape index (κ2) is 11.7. The molecule has 1 aromatic rings. The summed E-state index contributed by atoms with van der Waals surface area (Å²) in [6.07, 6.45) is 5.88. The Bertz CT molecular complexity index is 609. The molecule has 0 spiro atoms. The van der Waals surface area contributed by atoms with Crippen LogP contribution < -0.4 is 11.1 Å². The summed E-state index contributed by atoms with van der Waals surface area (Å²) >= 11 is 12.1. The number of carbonyl (C=O) groups is 1. The highest BCUT2D eigenvalue weighted by Crippen LogP contribution is 2.27. The van der Waals surface area contributed by atoms with E-state index in [0.717, 1.165) is 51.7 Å². The SMILES string of the molecule is Cl.Cl.N[C@@H]1CCC[C@H]1CC(=O)NC1CCN(Cc2ccc(Cl)c(Cl)c2)CC1. The maximum atomic E-state index is 12.2. The van der Waals surface area contributed by atoms with Gasteiger partial charge >= 0.3 is 0 Å². The minimum Gasteiger partial charge on any atom is -0.353 e. The number of hydrogen-bond donors (Lipinski definition) is 2. The van der Waals surface area contributed by atoms with Crippen LogP contribution in [-0.2, 0) is 11.3 Å². The van der Waals surface area contributed by atoms with Gasteiger partial charge in [0, 0.05) is 38.1 Å². The van der Waals surface area contributed by atoms with E-state index in [0.29, 0.717) is 22.4 Å². The molecule has 1 aromatic carbocycles. The predicted molar refractivity (Wildman–Crippen MR) is 117 cm³/mol. The quantitative estimate of drug-likeness (QED) is 0.688. The van der Waals surface area contributed by atoms with Gasteiger partial charge in [-0.2, -0.15) is 0 Å². The minimum atomic E-state index is 0. The third kappa shape index (κ3) is 7.26. The Labute approximate surface area is 184 Å². The molecule has 27 heavy (non-hydrogen) atoms. The smallest absolute Gasteiger partial charge is 0.220 e. The monoisotopic (exact) mass is 455 g/mol. The molecule has 1 aliphatic heterocycles. The zero-order valence-electron chi connectivity index (χ0n) is 15.3. The Morgan fingerprint density at radius 3 is 2.41 bits per heavy atom. The van der Waals surface area contributed by atoms with Crippen molar-refractivity contribution in [3.63, 3.8) is 0 Å². The standard InChI is InChI=1S/C19H27Cl2N3O.2ClH/c20-16-5-4-13(10-17(16)21)12-24-8-6-15(7-9-24)23-19(25)11-14-2-1-3-18(14)22;;/h4-5,10,14-15,18H,1-3,6-9,11-12,22H2,(H,23,25);2*1H/t14-,18+;;/m0../s1. The number of halogens is 4. The van der Waals surface area contributed by atoms with E-state index in [1.165, 1.54) is 5.56 Å². The molecule has 0 bridgehead atoms. The second-order valence-corrected chi connectivity index (χ2v) is 8.24. The van der Waals surface area contributed by atoms with Crippen molar-refractivity contribution >= 4 is 53.9 Å². The summed E-state index contributed by atoms with van der Waals surface area (Å²) in [5.41, 5.74) is 7.24. The van der Waals surface area contributed by atoms with E-state index in [4.69, 9.17) is 28.9 Å². The molecule has 2 atom stereocenters. The second-order valence-electron chi connectivity index (χ2n) is 7.43. The van der Waals surface area contributed by atoms with E-state index in [2.05, 4.69) is 10.2 Å². The van der Waals surface area contributed by atoms with Crippen LogP contribution in [0.3, 0.4) is 0 Å². The highest BCUT2D eigenvalue weighted by atomic mass is 35.5. The first-order valence-electron chi connectivity index (χ1n) is 9.22. The van der Waals surface area contributed by atoms with Crippen molar-refractivity contribution < 1.29 is 4.79 Å². The van der Waals surface area contributed by atoms with Gasteiger partial charge in [-0.3, -0.25) is 9.69 Å². The molecular weight excluding hydrogens is 428 g/mol. The number of amides is 1. The van der Waals surface area contributed by atoms with Crippen LogP contribution in [0.15, 0.2) is 18.2 Å². The molecule has 1 amide bonds. The molecule has 0 radical (unpaired) electrons. The van der Waals surface area contributed by atoms with Gasteiger partial charge in [0.05, 0.1) is 10.0 Å². The average Bonchev–Trinajstić information content (AvgIpc) is 2.98.